The summed E-state index contributed by atoms with van der Waals surface area (Å²) in [7, 11) is 0. The van der Waals surface area contributed by atoms with Crippen LogP contribution in [-0.2, 0) is 11.4 Å². The number of aryl methyl sites for hydroxylation is 1. The van der Waals surface area contributed by atoms with Crippen molar-refractivity contribution in [2.75, 3.05) is 0 Å². The van der Waals surface area contributed by atoms with E-state index in [-0.39, 0.29) is 17.4 Å². The van der Waals surface area contributed by atoms with Gasteiger partial charge in [-0.3, -0.25) is 0 Å². The van der Waals surface area contributed by atoms with Crippen LogP contribution in [0.25, 0.3) is 0 Å². The van der Waals surface area contributed by atoms with E-state index >= 15 is 0 Å². The zero-order valence-corrected chi connectivity index (χ0v) is 13.9. The molecule has 1 aromatic rings. The van der Waals surface area contributed by atoms with Crippen LogP contribution in [0.3, 0.4) is 0 Å². The highest BCUT2D eigenvalue weighted by Crippen LogP contribution is 2.40. The molecule has 0 aromatic heterocycles. The minimum absolute atomic E-state index is 0.283. The maximum absolute atomic E-state index is 12.4. The Labute approximate surface area is 131 Å². The molecule has 4 heteroatoms. The Morgan fingerprint density at radius 2 is 2.05 bits per heavy atom. The van der Waals surface area contributed by atoms with Crippen LogP contribution in [0.4, 0.5) is 0 Å². The van der Waals surface area contributed by atoms with Crippen molar-refractivity contribution < 1.29 is 4.55 Å². The molecular formula is C17H24N2OS. The molecule has 0 amide bonds. The molecule has 1 aliphatic carbocycles. The molecule has 0 aliphatic heterocycles. The SMILES string of the molecule is Cc1ccc([S+]([O-])N[C@H](C#N)[C@H]2CCCC(C)(C)C2)cc1. The molecule has 1 aliphatic rings. The Morgan fingerprint density at radius 1 is 1.38 bits per heavy atom. The van der Waals surface area contributed by atoms with E-state index in [1.165, 1.54) is 6.42 Å². The van der Waals surface area contributed by atoms with E-state index in [1.807, 2.05) is 31.2 Å². The molecule has 0 bridgehead atoms. The van der Waals surface area contributed by atoms with E-state index in [2.05, 4.69) is 24.6 Å². The van der Waals surface area contributed by atoms with Gasteiger partial charge in [-0.1, -0.05) is 38.0 Å². The van der Waals surface area contributed by atoms with Crippen molar-refractivity contribution in [1.29, 1.82) is 5.26 Å². The fourth-order valence-corrected chi connectivity index (χ4v) is 4.11. The van der Waals surface area contributed by atoms with Crippen molar-refractivity contribution in [2.24, 2.45) is 11.3 Å². The number of nitriles is 1. The van der Waals surface area contributed by atoms with Gasteiger partial charge in [0.25, 0.3) is 0 Å². The molecule has 1 fully saturated rings. The summed E-state index contributed by atoms with van der Waals surface area (Å²) in [5, 5.41) is 9.44. The third-order valence-corrected chi connectivity index (χ3v) is 5.49. The third kappa shape index (κ3) is 4.47. The van der Waals surface area contributed by atoms with E-state index in [9.17, 15) is 9.81 Å². The number of rotatable bonds is 4. The predicted octanol–water partition coefficient (Wildman–Crippen LogP) is 3.72. The quantitative estimate of drug-likeness (QED) is 0.863. The highest BCUT2D eigenvalue weighted by Gasteiger charge is 2.35. The summed E-state index contributed by atoms with van der Waals surface area (Å²) in [6.07, 6.45) is 4.42. The standard InChI is InChI=1S/C17H24N2OS/c1-13-6-8-15(9-7-13)21(20)19-16(12-18)14-5-4-10-17(2,3)11-14/h6-9,14,16,19H,4-5,10-11H2,1-3H3/t14-,16+,21?/m0/s1. The maximum atomic E-state index is 12.4. The lowest BCUT2D eigenvalue weighted by atomic mass is 9.70. The first-order chi connectivity index (χ1) is 9.91. The Bertz CT molecular complexity index is 507. The summed E-state index contributed by atoms with van der Waals surface area (Å²) in [6, 6.07) is 9.58. The van der Waals surface area contributed by atoms with Crippen molar-refractivity contribution in [2.45, 2.75) is 57.4 Å². The van der Waals surface area contributed by atoms with Gasteiger partial charge in [-0.2, -0.15) is 5.26 Å². The van der Waals surface area contributed by atoms with Crippen molar-refractivity contribution in [3.8, 4) is 6.07 Å². The van der Waals surface area contributed by atoms with Gasteiger partial charge >= 0.3 is 0 Å². The van der Waals surface area contributed by atoms with Crippen LogP contribution in [0, 0.1) is 29.6 Å². The Morgan fingerprint density at radius 3 is 2.62 bits per heavy atom. The molecule has 1 aromatic carbocycles. The van der Waals surface area contributed by atoms with Crippen LogP contribution in [0.1, 0.15) is 45.1 Å². The van der Waals surface area contributed by atoms with Gasteiger partial charge in [-0.15, -0.1) is 4.72 Å². The minimum atomic E-state index is -1.32. The first-order valence-electron chi connectivity index (χ1n) is 7.55. The average molecular weight is 304 g/mol. The maximum Gasteiger partial charge on any atom is 0.173 e. The summed E-state index contributed by atoms with van der Waals surface area (Å²) in [5.74, 6) is 0.285. The summed E-state index contributed by atoms with van der Waals surface area (Å²) >= 11 is -1.32. The molecule has 2 rings (SSSR count). The highest BCUT2D eigenvalue weighted by molar-refractivity contribution is 7.89. The van der Waals surface area contributed by atoms with E-state index in [1.54, 1.807) is 0 Å². The first-order valence-corrected chi connectivity index (χ1v) is 8.70. The number of nitrogens with one attached hydrogen (secondary N) is 1. The third-order valence-electron chi connectivity index (χ3n) is 4.32. The molecular weight excluding hydrogens is 280 g/mol. The normalized spacial score (nSPS) is 24.0. The molecule has 1 unspecified atom stereocenters. The van der Waals surface area contributed by atoms with Gasteiger partial charge in [-0.25, -0.2) is 0 Å². The van der Waals surface area contributed by atoms with Crippen LogP contribution in [0.15, 0.2) is 29.2 Å². The van der Waals surface area contributed by atoms with Crippen LogP contribution < -0.4 is 4.72 Å². The lowest BCUT2D eigenvalue weighted by Crippen LogP contribution is -2.42. The fourth-order valence-electron chi connectivity index (χ4n) is 3.11. The van der Waals surface area contributed by atoms with Gasteiger partial charge in [0.15, 0.2) is 4.90 Å². The number of hydrogen-bond acceptors (Lipinski definition) is 3. The van der Waals surface area contributed by atoms with E-state index in [4.69, 9.17) is 0 Å². The fraction of sp³-hybridized carbons (Fsp3) is 0.588. The zero-order valence-electron chi connectivity index (χ0n) is 13.1. The van der Waals surface area contributed by atoms with Crippen LogP contribution in [0.2, 0.25) is 0 Å². The van der Waals surface area contributed by atoms with Crippen molar-refractivity contribution in [1.82, 2.24) is 4.72 Å². The van der Waals surface area contributed by atoms with Gasteiger partial charge in [0.1, 0.15) is 6.04 Å². The highest BCUT2D eigenvalue weighted by atomic mass is 32.2. The second-order valence-corrected chi connectivity index (χ2v) is 8.07. The van der Waals surface area contributed by atoms with E-state index < -0.39 is 11.4 Å². The molecule has 21 heavy (non-hydrogen) atoms. The van der Waals surface area contributed by atoms with Crippen molar-refractivity contribution >= 4 is 11.4 Å². The Kier molecular flexibility index (Phi) is 5.32. The van der Waals surface area contributed by atoms with E-state index in [0.717, 1.165) is 29.7 Å². The molecule has 1 N–H and O–H groups in total. The predicted molar refractivity (Wildman–Crippen MR) is 85.9 cm³/mol. The Hall–Kier alpha value is -1.02. The van der Waals surface area contributed by atoms with Crippen LogP contribution >= 0.6 is 0 Å². The lowest BCUT2D eigenvalue weighted by molar-refractivity contribution is 0.168. The summed E-state index contributed by atoms with van der Waals surface area (Å²) in [4.78, 5) is 0.732. The van der Waals surface area contributed by atoms with Crippen LogP contribution in [0.5, 0.6) is 0 Å². The van der Waals surface area contributed by atoms with Crippen molar-refractivity contribution in [3.63, 3.8) is 0 Å². The van der Waals surface area contributed by atoms with Gasteiger partial charge in [0.05, 0.1) is 17.4 Å². The van der Waals surface area contributed by atoms with Gasteiger partial charge in [0, 0.05) is 0 Å². The number of nitrogens with zero attached hydrogens (tertiary/aromatic N) is 1. The summed E-state index contributed by atoms with van der Waals surface area (Å²) in [5.41, 5.74) is 1.42. The molecule has 0 heterocycles. The monoisotopic (exact) mass is 304 g/mol. The smallest absolute Gasteiger partial charge is 0.173 e. The zero-order chi connectivity index (χ0) is 15.5. The molecule has 1 saturated carbocycles. The molecule has 0 radical (unpaired) electrons. The minimum Gasteiger partial charge on any atom is -0.593 e. The van der Waals surface area contributed by atoms with Gasteiger partial charge in [0.2, 0.25) is 0 Å². The summed E-state index contributed by atoms with van der Waals surface area (Å²) < 4.78 is 15.4. The number of benzene rings is 1. The first kappa shape index (κ1) is 16.4. The molecule has 3 nitrogen and oxygen atoms in total. The largest absolute Gasteiger partial charge is 0.593 e. The topological polar surface area (TPSA) is 58.9 Å². The number of hydrogen-bond donors (Lipinski definition) is 1. The van der Waals surface area contributed by atoms with Crippen molar-refractivity contribution in [3.05, 3.63) is 29.8 Å². The average Bonchev–Trinajstić information content (AvgIpc) is 2.44. The molecule has 0 spiro atoms. The van der Waals surface area contributed by atoms with Gasteiger partial charge in [-0.05, 0) is 49.7 Å². The lowest BCUT2D eigenvalue weighted by Gasteiger charge is -2.36. The molecule has 0 saturated heterocycles. The summed E-state index contributed by atoms with van der Waals surface area (Å²) in [6.45, 7) is 6.51. The van der Waals surface area contributed by atoms with Crippen LogP contribution in [-0.4, -0.2) is 10.6 Å². The molecule has 114 valence electrons. The van der Waals surface area contributed by atoms with Gasteiger partial charge < -0.3 is 4.55 Å². The Balaban J connectivity index is 2.02. The second-order valence-electron chi connectivity index (χ2n) is 6.83. The van der Waals surface area contributed by atoms with E-state index in [0.29, 0.717) is 0 Å². The second kappa shape index (κ2) is 6.83. The molecule has 3 atom stereocenters.